The van der Waals surface area contributed by atoms with Crippen LogP contribution in [0.1, 0.15) is 27.7 Å². The van der Waals surface area contributed by atoms with Crippen molar-refractivity contribution in [2.45, 2.75) is 56.2 Å². The molecule has 0 spiro atoms. The quantitative estimate of drug-likeness (QED) is 0.183. The Bertz CT molecular complexity index is 548. The number of thiocarbonyl (C=S) groups is 1. The van der Waals surface area contributed by atoms with Gasteiger partial charge in [-0.25, -0.2) is 0 Å². The molecule has 1 saturated heterocycles. The molecule has 0 bridgehead atoms. The third kappa shape index (κ3) is 7.53. The predicted octanol–water partition coefficient (Wildman–Crippen LogP) is 1.57. The molecule has 0 saturated carbocycles. The van der Waals surface area contributed by atoms with Gasteiger partial charge in [-0.1, -0.05) is 53.5 Å². The van der Waals surface area contributed by atoms with Crippen LogP contribution in [0, 0.1) is 0 Å². The lowest BCUT2D eigenvalue weighted by molar-refractivity contribution is -0.212. The third-order valence-electron chi connectivity index (χ3n) is 3.21. The summed E-state index contributed by atoms with van der Waals surface area (Å²) >= 11 is 8.74. The van der Waals surface area contributed by atoms with Crippen LogP contribution in [-0.4, -0.2) is 63.1 Å². The standard InChI is InChI=1S/C15H22INO7S2/c1-5-26-15(25)17-14-11(16)13(23-9(4)20)12(22-8(3)19)10(24-14)6-21-7(2)18/h10-14H,5-6H2,1-4H3,(H,17,25)/t10-,11+,12-,13-,14+/m1/s1. The van der Waals surface area contributed by atoms with Gasteiger partial charge in [0.15, 0.2) is 12.2 Å². The van der Waals surface area contributed by atoms with Crippen molar-refractivity contribution in [1.29, 1.82) is 0 Å². The highest BCUT2D eigenvalue weighted by atomic mass is 127. The SMILES string of the molecule is CCSC(=S)N[C@H]1O[C@H](COC(C)=O)[C@@H](OC(C)=O)[C@H](OC(C)=O)[C@@H]1I. The maximum absolute atomic E-state index is 11.6. The van der Waals surface area contributed by atoms with E-state index in [9.17, 15) is 14.4 Å². The molecule has 11 heteroatoms. The van der Waals surface area contributed by atoms with E-state index in [2.05, 4.69) is 27.9 Å². The van der Waals surface area contributed by atoms with Gasteiger partial charge in [0.2, 0.25) is 0 Å². The monoisotopic (exact) mass is 519 g/mol. The van der Waals surface area contributed by atoms with Crippen molar-refractivity contribution in [3.63, 3.8) is 0 Å². The minimum absolute atomic E-state index is 0.153. The zero-order chi connectivity index (χ0) is 19.9. The fourth-order valence-corrected chi connectivity index (χ4v) is 4.14. The van der Waals surface area contributed by atoms with E-state index in [4.69, 9.17) is 31.2 Å². The van der Waals surface area contributed by atoms with Gasteiger partial charge in [-0.15, -0.1) is 0 Å². The van der Waals surface area contributed by atoms with Gasteiger partial charge in [0, 0.05) is 20.8 Å². The fraction of sp³-hybridized carbons (Fsp3) is 0.733. The minimum Gasteiger partial charge on any atom is -0.463 e. The second kappa shape index (κ2) is 11.2. The summed E-state index contributed by atoms with van der Waals surface area (Å²) in [7, 11) is 0. The molecule has 1 fully saturated rings. The third-order valence-corrected chi connectivity index (χ3v) is 5.71. The molecule has 1 aliphatic rings. The molecule has 148 valence electrons. The van der Waals surface area contributed by atoms with Crippen LogP contribution in [0.15, 0.2) is 0 Å². The van der Waals surface area contributed by atoms with Crippen LogP contribution in [0.5, 0.6) is 0 Å². The number of hydrogen-bond donors (Lipinski definition) is 1. The van der Waals surface area contributed by atoms with E-state index in [-0.39, 0.29) is 6.61 Å². The van der Waals surface area contributed by atoms with E-state index in [0.29, 0.717) is 4.32 Å². The average molecular weight is 519 g/mol. The first-order valence-electron chi connectivity index (χ1n) is 7.86. The first-order valence-corrected chi connectivity index (χ1v) is 10.5. The second-order valence-corrected chi connectivity index (χ2v) is 8.73. The van der Waals surface area contributed by atoms with Gasteiger partial charge in [0.1, 0.15) is 23.3 Å². The summed E-state index contributed by atoms with van der Waals surface area (Å²) < 4.78 is 21.8. The van der Waals surface area contributed by atoms with Gasteiger partial charge in [-0.05, 0) is 5.75 Å². The zero-order valence-corrected chi connectivity index (χ0v) is 18.6. The van der Waals surface area contributed by atoms with E-state index in [0.717, 1.165) is 5.75 Å². The van der Waals surface area contributed by atoms with Crippen molar-refractivity contribution < 1.29 is 33.3 Å². The average Bonchev–Trinajstić information content (AvgIpc) is 2.51. The van der Waals surface area contributed by atoms with Crippen molar-refractivity contribution in [2.75, 3.05) is 12.4 Å². The zero-order valence-electron chi connectivity index (χ0n) is 14.9. The normalized spacial score (nSPS) is 28.0. The smallest absolute Gasteiger partial charge is 0.303 e. The largest absolute Gasteiger partial charge is 0.463 e. The minimum atomic E-state index is -0.914. The van der Waals surface area contributed by atoms with E-state index < -0.39 is 46.4 Å². The molecule has 1 N–H and O–H groups in total. The lowest BCUT2D eigenvalue weighted by atomic mass is 10.00. The van der Waals surface area contributed by atoms with Gasteiger partial charge < -0.3 is 24.3 Å². The Labute approximate surface area is 175 Å². The number of carbonyl (C=O) groups excluding carboxylic acids is 3. The maximum Gasteiger partial charge on any atom is 0.303 e. The summed E-state index contributed by atoms with van der Waals surface area (Å²) in [5.74, 6) is -0.802. The maximum atomic E-state index is 11.6. The Hall–Kier alpha value is -0.660. The molecule has 0 aromatic heterocycles. The summed E-state index contributed by atoms with van der Waals surface area (Å²) in [5.41, 5.74) is 0. The first-order chi connectivity index (χ1) is 12.1. The van der Waals surface area contributed by atoms with Crippen molar-refractivity contribution in [1.82, 2.24) is 5.32 Å². The van der Waals surface area contributed by atoms with Crippen molar-refractivity contribution >= 4 is 68.8 Å². The molecule has 26 heavy (non-hydrogen) atoms. The molecule has 0 amide bonds. The van der Waals surface area contributed by atoms with E-state index in [1.165, 1.54) is 32.5 Å². The number of rotatable bonds is 6. The van der Waals surface area contributed by atoms with E-state index >= 15 is 0 Å². The highest BCUT2D eigenvalue weighted by molar-refractivity contribution is 14.1. The number of halogens is 1. The lowest BCUT2D eigenvalue weighted by Gasteiger charge is -2.43. The molecule has 5 atom stereocenters. The molecule has 0 radical (unpaired) electrons. The fourth-order valence-electron chi connectivity index (χ4n) is 2.30. The van der Waals surface area contributed by atoms with Gasteiger partial charge in [-0.2, -0.15) is 0 Å². The topological polar surface area (TPSA) is 100 Å². The van der Waals surface area contributed by atoms with Crippen molar-refractivity contribution in [2.24, 2.45) is 0 Å². The summed E-state index contributed by atoms with van der Waals surface area (Å²) in [5, 5.41) is 3.06. The lowest BCUT2D eigenvalue weighted by Crippen LogP contribution is -2.63. The Morgan fingerprint density at radius 1 is 1.12 bits per heavy atom. The van der Waals surface area contributed by atoms with Gasteiger partial charge in [0.25, 0.3) is 0 Å². The summed E-state index contributed by atoms with van der Waals surface area (Å²) in [6.07, 6.45) is -3.13. The molecule has 1 heterocycles. The summed E-state index contributed by atoms with van der Waals surface area (Å²) in [6, 6.07) is 0. The van der Waals surface area contributed by atoms with Crippen LogP contribution < -0.4 is 5.32 Å². The summed E-state index contributed by atoms with van der Waals surface area (Å²) in [6.45, 7) is 5.58. The van der Waals surface area contributed by atoms with Crippen molar-refractivity contribution in [3.8, 4) is 0 Å². The Morgan fingerprint density at radius 2 is 1.69 bits per heavy atom. The van der Waals surface area contributed by atoms with Crippen LogP contribution in [-0.2, 0) is 33.3 Å². The van der Waals surface area contributed by atoms with Crippen LogP contribution in [0.2, 0.25) is 0 Å². The number of ether oxygens (including phenoxy) is 4. The number of carbonyl (C=O) groups is 3. The van der Waals surface area contributed by atoms with Crippen LogP contribution >= 0.6 is 46.6 Å². The van der Waals surface area contributed by atoms with Crippen LogP contribution in [0.4, 0.5) is 0 Å². The van der Waals surface area contributed by atoms with E-state index in [1.54, 1.807) is 0 Å². The predicted molar refractivity (Wildman–Crippen MR) is 108 cm³/mol. The number of esters is 3. The van der Waals surface area contributed by atoms with Gasteiger partial charge in [-0.3, -0.25) is 14.4 Å². The van der Waals surface area contributed by atoms with Crippen LogP contribution in [0.3, 0.4) is 0 Å². The molecular formula is C15H22INO7S2. The molecule has 0 aromatic carbocycles. The Kier molecular flexibility index (Phi) is 10.1. The van der Waals surface area contributed by atoms with Crippen LogP contribution in [0.25, 0.3) is 0 Å². The highest BCUT2D eigenvalue weighted by Gasteiger charge is 2.49. The number of thioether (sulfide) groups is 1. The highest BCUT2D eigenvalue weighted by Crippen LogP contribution is 2.31. The molecule has 0 unspecified atom stereocenters. The Morgan fingerprint density at radius 3 is 2.19 bits per heavy atom. The Balaban J connectivity index is 3.07. The molecular weight excluding hydrogens is 497 g/mol. The van der Waals surface area contributed by atoms with Crippen molar-refractivity contribution in [3.05, 3.63) is 0 Å². The molecule has 0 aromatic rings. The molecule has 1 rings (SSSR count). The first kappa shape index (κ1) is 23.4. The second-order valence-electron chi connectivity index (χ2n) is 5.36. The van der Waals surface area contributed by atoms with E-state index in [1.807, 2.05) is 6.92 Å². The number of hydrogen-bond acceptors (Lipinski definition) is 9. The molecule has 8 nitrogen and oxygen atoms in total. The van der Waals surface area contributed by atoms with Gasteiger partial charge in [0.05, 0.1) is 3.92 Å². The number of alkyl halides is 1. The number of nitrogens with one attached hydrogen (secondary N) is 1. The summed E-state index contributed by atoms with van der Waals surface area (Å²) in [4.78, 5) is 34.2. The molecule has 0 aliphatic carbocycles. The van der Waals surface area contributed by atoms with Gasteiger partial charge >= 0.3 is 17.9 Å². The molecule has 1 aliphatic heterocycles.